The lowest BCUT2D eigenvalue weighted by Gasteiger charge is -2.45. The molecule has 2 fully saturated rings. The number of benzene rings is 3. The van der Waals surface area contributed by atoms with E-state index in [9.17, 15) is 9.18 Å². The number of piperidine rings is 1. The minimum atomic E-state index is -0.536. The van der Waals surface area contributed by atoms with Crippen molar-refractivity contribution in [1.29, 1.82) is 0 Å². The number of nitrogens with zero attached hydrogens (tertiary/aromatic N) is 2. The molecule has 0 unspecified atom stereocenters. The zero-order chi connectivity index (χ0) is 20.3. The van der Waals surface area contributed by atoms with Gasteiger partial charge in [0.25, 0.3) is 0 Å². The van der Waals surface area contributed by atoms with Crippen molar-refractivity contribution in [1.82, 2.24) is 10.2 Å². The monoisotopic (exact) mass is 401 g/mol. The van der Waals surface area contributed by atoms with E-state index in [4.69, 9.17) is 0 Å². The fraction of sp³-hybridized carbons (Fsp3) is 0.320. The van der Waals surface area contributed by atoms with Crippen LogP contribution in [-0.4, -0.2) is 36.1 Å². The number of nitrogens with one attached hydrogen (secondary N) is 1. The molecule has 3 aliphatic rings. The smallest absolute Gasteiger partial charge is 0.247 e. The molecule has 2 aliphatic heterocycles. The molecule has 0 radical (unpaired) electrons. The quantitative estimate of drug-likeness (QED) is 0.705. The van der Waals surface area contributed by atoms with E-state index in [1.54, 1.807) is 12.1 Å². The molecule has 0 aromatic heterocycles. The van der Waals surface area contributed by atoms with Crippen LogP contribution < -0.4 is 10.2 Å². The SMILES string of the molecule is O=C1NCN(c2ccc(F)cc2)C12CCN([C@@H]1Cc3cccc4cccc1c34)CC2. The van der Waals surface area contributed by atoms with Crippen LogP contribution in [0.3, 0.4) is 0 Å². The third-order valence-corrected chi connectivity index (χ3v) is 7.34. The summed E-state index contributed by atoms with van der Waals surface area (Å²) in [7, 11) is 0. The minimum Gasteiger partial charge on any atom is -0.339 e. The standard InChI is InChI=1S/C25H24FN3O/c26-19-7-9-20(10-8-19)29-16-27-24(30)25(29)11-13-28(14-12-25)22-15-18-5-1-3-17-4-2-6-21(22)23(17)18/h1-10,22H,11-16H2,(H,27,30)/t22-/m1/s1. The van der Waals surface area contributed by atoms with Crippen molar-refractivity contribution < 1.29 is 9.18 Å². The first-order chi connectivity index (χ1) is 14.7. The molecule has 30 heavy (non-hydrogen) atoms. The average Bonchev–Trinajstić information content (AvgIpc) is 3.30. The van der Waals surface area contributed by atoms with Crippen molar-refractivity contribution in [3.05, 3.63) is 77.6 Å². The van der Waals surface area contributed by atoms with Crippen LogP contribution in [0.5, 0.6) is 0 Å². The molecule has 4 nitrogen and oxygen atoms in total. The van der Waals surface area contributed by atoms with Crippen molar-refractivity contribution in [3.63, 3.8) is 0 Å². The highest BCUT2D eigenvalue weighted by molar-refractivity contribution is 5.94. The van der Waals surface area contributed by atoms with Gasteiger partial charge in [0.1, 0.15) is 11.4 Å². The van der Waals surface area contributed by atoms with Crippen LogP contribution in [0.1, 0.15) is 30.0 Å². The summed E-state index contributed by atoms with van der Waals surface area (Å²) in [6, 6.07) is 20.1. The Kier molecular flexibility index (Phi) is 3.90. The Morgan fingerprint density at radius 3 is 2.47 bits per heavy atom. The average molecular weight is 401 g/mol. The van der Waals surface area contributed by atoms with Gasteiger partial charge in [-0.3, -0.25) is 9.69 Å². The molecular weight excluding hydrogens is 377 g/mol. The predicted molar refractivity (Wildman–Crippen MR) is 116 cm³/mol. The van der Waals surface area contributed by atoms with Gasteiger partial charge < -0.3 is 10.2 Å². The number of anilines is 1. The second-order valence-electron chi connectivity index (χ2n) is 8.72. The normalized spacial score (nSPS) is 22.8. The van der Waals surface area contributed by atoms with Crippen molar-refractivity contribution in [3.8, 4) is 0 Å². The number of carbonyl (C=O) groups excluding carboxylic acids is 1. The third kappa shape index (κ3) is 2.51. The molecule has 0 bridgehead atoms. The van der Waals surface area contributed by atoms with Crippen LogP contribution in [0, 0.1) is 5.82 Å². The molecule has 1 atom stereocenters. The number of carbonyl (C=O) groups is 1. The summed E-state index contributed by atoms with van der Waals surface area (Å²) in [6.45, 7) is 2.24. The van der Waals surface area contributed by atoms with Gasteiger partial charge >= 0.3 is 0 Å². The molecule has 5 heteroatoms. The van der Waals surface area contributed by atoms with Crippen LogP contribution in [0.2, 0.25) is 0 Å². The number of rotatable bonds is 2. The second kappa shape index (κ2) is 6.54. The molecule has 3 aromatic rings. The summed E-state index contributed by atoms with van der Waals surface area (Å²) in [5.41, 5.74) is 3.22. The van der Waals surface area contributed by atoms with Crippen LogP contribution in [0.4, 0.5) is 10.1 Å². The topological polar surface area (TPSA) is 35.6 Å². The van der Waals surface area contributed by atoms with E-state index in [1.807, 2.05) is 0 Å². The lowest BCUT2D eigenvalue weighted by atomic mass is 9.84. The summed E-state index contributed by atoms with van der Waals surface area (Å²) in [5, 5.41) is 5.76. The molecule has 1 spiro atoms. The Morgan fingerprint density at radius 2 is 1.70 bits per heavy atom. The van der Waals surface area contributed by atoms with Crippen molar-refractivity contribution in [2.45, 2.75) is 30.8 Å². The van der Waals surface area contributed by atoms with Gasteiger partial charge in [-0.1, -0.05) is 36.4 Å². The molecule has 2 saturated heterocycles. The predicted octanol–water partition coefficient (Wildman–Crippen LogP) is 4.00. The zero-order valence-corrected chi connectivity index (χ0v) is 16.8. The molecule has 3 aromatic carbocycles. The van der Waals surface area contributed by atoms with Gasteiger partial charge in [0.05, 0.1) is 6.67 Å². The van der Waals surface area contributed by atoms with E-state index in [0.29, 0.717) is 12.7 Å². The van der Waals surface area contributed by atoms with Gasteiger partial charge in [-0.05, 0) is 65.4 Å². The number of hydrogen-bond donors (Lipinski definition) is 1. The molecular formula is C25H24FN3O. The van der Waals surface area contributed by atoms with Gasteiger partial charge in [0.15, 0.2) is 0 Å². The summed E-state index contributed by atoms with van der Waals surface area (Å²) in [6.07, 6.45) is 2.59. The van der Waals surface area contributed by atoms with Crippen LogP contribution in [0.25, 0.3) is 10.8 Å². The number of amides is 1. The molecule has 152 valence electrons. The molecule has 1 aliphatic carbocycles. The maximum Gasteiger partial charge on any atom is 0.247 e. The zero-order valence-electron chi connectivity index (χ0n) is 16.8. The van der Waals surface area contributed by atoms with E-state index in [2.05, 4.69) is 51.5 Å². The van der Waals surface area contributed by atoms with Crippen molar-refractivity contribution in [2.24, 2.45) is 0 Å². The largest absolute Gasteiger partial charge is 0.339 e. The van der Waals surface area contributed by atoms with Crippen LogP contribution in [-0.2, 0) is 11.2 Å². The summed E-state index contributed by atoms with van der Waals surface area (Å²) in [4.78, 5) is 17.6. The van der Waals surface area contributed by atoms with E-state index < -0.39 is 5.54 Å². The van der Waals surface area contributed by atoms with Gasteiger partial charge in [-0.15, -0.1) is 0 Å². The van der Waals surface area contributed by atoms with Gasteiger partial charge in [0, 0.05) is 24.8 Å². The lowest BCUT2D eigenvalue weighted by Crippen LogP contribution is -2.56. The van der Waals surface area contributed by atoms with Crippen LogP contribution >= 0.6 is 0 Å². The highest BCUT2D eigenvalue weighted by atomic mass is 19.1. The summed E-state index contributed by atoms with van der Waals surface area (Å²) >= 11 is 0. The van der Waals surface area contributed by atoms with Crippen molar-refractivity contribution in [2.75, 3.05) is 24.7 Å². The van der Waals surface area contributed by atoms with Gasteiger partial charge in [0.2, 0.25) is 5.91 Å². The van der Waals surface area contributed by atoms with E-state index in [0.717, 1.165) is 38.0 Å². The highest BCUT2D eigenvalue weighted by Gasteiger charge is 2.51. The van der Waals surface area contributed by atoms with E-state index in [-0.39, 0.29) is 11.7 Å². The molecule has 1 amide bonds. The molecule has 2 heterocycles. The maximum atomic E-state index is 13.4. The Labute approximate surface area is 175 Å². The molecule has 1 N–H and O–H groups in total. The van der Waals surface area contributed by atoms with Gasteiger partial charge in [-0.2, -0.15) is 0 Å². The summed E-state index contributed by atoms with van der Waals surface area (Å²) < 4.78 is 13.4. The van der Waals surface area contributed by atoms with E-state index >= 15 is 0 Å². The number of halogens is 1. The Morgan fingerprint density at radius 1 is 0.967 bits per heavy atom. The number of hydrogen-bond acceptors (Lipinski definition) is 3. The first kappa shape index (κ1) is 17.9. The summed E-state index contributed by atoms with van der Waals surface area (Å²) in [5.74, 6) is -0.153. The molecule has 6 rings (SSSR count). The fourth-order valence-electron chi connectivity index (χ4n) is 5.79. The lowest BCUT2D eigenvalue weighted by molar-refractivity contribution is -0.125. The second-order valence-corrected chi connectivity index (χ2v) is 8.72. The first-order valence-electron chi connectivity index (χ1n) is 10.7. The Hall–Kier alpha value is -2.92. The Bertz CT molecular complexity index is 1130. The first-order valence-corrected chi connectivity index (χ1v) is 10.7. The molecule has 0 saturated carbocycles. The van der Waals surface area contributed by atoms with Crippen LogP contribution in [0.15, 0.2) is 60.7 Å². The third-order valence-electron chi connectivity index (χ3n) is 7.34. The van der Waals surface area contributed by atoms with Crippen molar-refractivity contribution >= 4 is 22.4 Å². The minimum absolute atomic E-state index is 0.100. The number of likely N-dealkylation sites (tertiary alicyclic amines) is 1. The van der Waals surface area contributed by atoms with Gasteiger partial charge in [-0.25, -0.2) is 4.39 Å². The fourth-order valence-corrected chi connectivity index (χ4v) is 5.79. The maximum absolute atomic E-state index is 13.4. The highest BCUT2D eigenvalue weighted by Crippen LogP contribution is 2.43. The Balaban J connectivity index is 1.27. The van der Waals surface area contributed by atoms with E-state index in [1.165, 1.54) is 34.0 Å².